The molecular weight excluding hydrogens is 608 g/mol. The Morgan fingerprint density at radius 1 is 1.04 bits per heavy atom. The zero-order valence-electron chi connectivity index (χ0n) is 26.2. The fourth-order valence-electron chi connectivity index (χ4n) is 5.37. The minimum Gasteiger partial charge on any atom is -0.497 e. The van der Waals surface area contributed by atoms with Crippen molar-refractivity contribution in [3.63, 3.8) is 0 Å². The van der Waals surface area contributed by atoms with Crippen LogP contribution in [-0.4, -0.2) is 47.6 Å². The highest BCUT2D eigenvalue weighted by Gasteiger charge is 2.36. The van der Waals surface area contributed by atoms with Crippen molar-refractivity contribution >= 4 is 29.0 Å². The number of ether oxygens (including phenoxy) is 3. The van der Waals surface area contributed by atoms with E-state index in [0.717, 1.165) is 5.56 Å². The van der Waals surface area contributed by atoms with Gasteiger partial charge in [-0.15, -0.1) is 0 Å². The molecule has 0 bridgehead atoms. The van der Waals surface area contributed by atoms with Crippen molar-refractivity contribution in [1.29, 1.82) is 0 Å². The highest BCUT2D eigenvalue weighted by atomic mass is 32.1. The van der Waals surface area contributed by atoms with E-state index < -0.39 is 11.0 Å². The van der Waals surface area contributed by atoms with Crippen LogP contribution in [0.15, 0.2) is 87.8 Å². The molecule has 12 heteroatoms. The van der Waals surface area contributed by atoms with Crippen LogP contribution in [0.5, 0.6) is 17.2 Å². The number of nitrogens with zero attached hydrogens (tertiary/aromatic N) is 4. The number of likely N-dealkylation sites (N-methyl/N-ethyl adjacent to an activating group) is 1. The second-order valence-corrected chi connectivity index (χ2v) is 11.4. The normalized spacial score (nSPS) is 14.4. The molecule has 0 aliphatic carbocycles. The van der Waals surface area contributed by atoms with Gasteiger partial charge in [0.2, 0.25) is 0 Å². The van der Waals surface area contributed by atoms with E-state index in [4.69, 9.17) is 19.2 Å². The SMILES string of the molecule is CCN(CC)C(=O)C1=C(C)N=c2s/c(=C/c3ccccc3OCc3ccc([N+](=O)[O-])cc3)c(=O)n2[C@@H]1c1cc(OC)ccc1OC. The van der Waals surface area contributed by atoms with Crippen molar-refractivity contribution in [2.24, 2.45) is 4.99 Å². The number of benzene rings is 3. The molecule has 3 aromatic carbocycles. The van der Waals surface area contributed by atoms with Gasteiger partial charge in [-0.05, 0) is 68.8 Å². The highest BCUT2D eigenvalue weighted by Crippen LogP contribution is 2.38. The number of thiazole rings is 1. The van der Waals surface area contributed by atoms with E-state index in [-0.39, 0.29) is 23.8 Å². The number of methoxy groups -OCH3 is 2. The van der Waals surface area contributed by atoms with E-state index in [1.807, 2.05) is 32.0 Å². The predicted molar refractivity (Wildman–Crippen MR) is 175 cm³/mol. The maximum absolute atomic E-state index is 14.3. The molecule has 0 unspecified atom stereocenters. The van der Waals surface area contributed by atoms with Crippen LogP contribution in [0.25, 0.3) is 6.08 Å². The Bertz CT molecular complexity index is 1990. The van der Waals surface area contributed by atoms with Gasteiger partial charge in [0.25, 0.3) is 17.2 Å². The van der Waals surface area contributed by atoms with Crippen LogP contribution >= 0.6 is 11.3 Å². The maximum atomic E-state index is 14.3. The van der Waals surface area contributed by atoms with Gasteiger partial charge in [0.05, 0.1) is 34.9 Å². The predicted octanol–water partition coefficient (Wildman–Crippen LogP) is 4.61. The number of fused-ring (bicyclic) bond motifs is 1. The number of hydrogen-bond donors (Lipinski definition) is 0. The van der Waals surface area contributed by atoms with E-state index in [0.29, 0.717) is 62.1 Å². The molecule has 11 nitrogen and oxygen atoms in total. The summed E-state index contributed by atoms with van der Waals surface area (Å²) in [6.07, 6.45) is 1.75. The summed E-state index contributed by atoms with van der Waals surface area (Å²) in [7, 11) is 3.10. The minimum absolute atomic E-state index is 0.00147. The van der Waals surface area contributed by atoms with Crippen molar-refractivity contribution in [2.45, 2.75) is 33.4 Å². The van der Waals surface area contributed by atoms with Crippen molar-refractivity contribution in [3.8, 4) is 17.2 Å². The van der Waals surface area contributed by atoms with Gasteiger partial charge >= 0.3 is 0 Å². The quantitative estimate of drug-likeness (QED) is 0.173. The lowest BCUT2D eigenvalue weighted by atomic mass is 9.93. The largest absolute Gasteiger partial charge is 0.497 e. The summed E-state index contributed by atoms with van der Waals surface area (Å²) < 4.78 is 19.3. The molecule has 0 N–H and O–H groups in total. The number of carbonyl (C=O) groups is 1. The van der Waals surface area contributed by atoms with Crippen LogP contribution in [0.1, 0.15) is 43.5 Å². The van der Waals surface area contributed by atoms with Crippen molar-refractivity contribution in [2.75, 3.05) is 27.3 Å². The molecule has 1 aliphatic heterocycles. The van der Waals surface area contributed by atoms with Gasteiger partial charge in [-0.1, -0.05) is 29.5 Å². The second kappa shape index (κ2) is 13.8. The Hall–Kier alpha value is -5.23. The Morgan fingerprint density at radius 3 is 2.41 bits per heavy atom. The molecule has 238 valence electrons. The molecular formula is C34H34N4O7S. The average Bonchev–Trinajstić information content (AvgIpc) is 3.37. The summed E-state index contributed by atoms with van der Waals surface area (Å²) in [6, 6.07) is 18.0. The first-order valence-corrected chi connectivity index (χ1v) is 15.5. The molecule has 46 heavy (non-hydrogen) atoms. The monoisotopic (exact) mass is 642 g/mol. The van der Waals surface area contributed by atoms with E-state index in [1.54, 1.807) is 73.1 Å². The lowest BCUT2D eigenvalue weighted by molar-refractivity contribution is -0.384. The standard InChI is InChI=1S/C34H34N4O7S/c1-6-36(7-2)33(40)30-21(3)35-34-37(31(30)26-19-25(43-4)16-17-28(26)44-5)32(39)29(46-34)18-23-10-8-9-11-27(23)45-20-22-12-14-24(15-13-22)38(41)42/h8-19,31H,6-7,20H2,1-5H3/b29-18+/t31-/m1/s1. The topological polar surface area (TPSA) is 126 Å². The molecule has 1 aromatic heterocycles. The number of aromatic nitrogens is 1. The zero-order valence-corrected chi connectivity index (χ0v) is 27.0. The Labute approximate surface area is 269 Å². The van der Waals surface area contributed by atoms with Crippen LogP contribution in [0, 0.1) is 10.1 Å². The third kappa shape index (κ3) is 6.29. The molecule has 0 saturated carbocycles. The van der Waals surface area contributed by atoms with Crippen LogP contribution in [0.2, 0.25) is 0 Å². The van der Waals surface area contributed by atoms with Gasteiger partial charge in [-0.25, -0.2) is 4.99 Å². The molecule has 0 radical (unpaired) electrons. The van der Waals surface area contributed by atoms with Crippen molar-refractivity contribution in [1.82, 2.24) is 9.47 Å². The smallest absolute Gasteiger partial charge is 0.271 e. The van der Waals surface area contributed by atoms with Crippen molar-refractivity contribution < 1.29 is 23.9 Å². The Morgan fingerprint density at radius 2 is 1.76 bits per heavy atom. The number of amides is 1. The number of non-ortho nitro benzene ring substituents is 1. The van der Waals surface area contributed by atoms with Gasteiger partial charge in [0, 0.05) is 36.3 Å². The van der Waals surface area contributed by atoms with Gasteiger partial charge in [0.15, 0.2) is 4.80 Å². The summed E-state index contributed by atoms with van der Waals surface area (Å²) in [5, 5.41) is 11.0. The molecule has 1 aliphatic rings. The van der Waals surface area contributed by atoms with Gasteiger partial charge in [-0.3, -0.25) is 24.3 Å². The summed E-state index contributed by atoms with van der Waals surface area (Å²) in [6.45, 7) is 6.78. The summed E-state index contributed by atoms with van der Waals surface area (Å²) >= 11 is 1.22. The minimum atomic E-state index is -0.815. The first kappa shape index (κ1) is 32.2. The number of hydrogen-bond acceptors (Lipinski definition) is 9. The first-order chi connectivity index (χ1) is 22.2. The van der Waals surface area contributed by atoms with Gasteiger partial charge in [-0.2, -0.15) is 0 Å². The molecule has 4 aromatic rings. The lowest BCUT2D eigenvalue weighted by Gasteiger charge is -2.30. The number of allylic oxidation sites excluding steroid dienone is 1. The van der Waals surface area contributed by atoms with Gasteiger partial charge < -0.3 is 19.1 Å². The Balaban J connectivity index is 1.62. The molecule has 2 heterocycles. The molecule has 0 spiro atoms. The highest BCUT2D eigenvalue weighted by molar-refractivity contribution is 7.07. The van der Waals surface area contributed by atoms with Crippen LogP contribution in [0.4, 0.5) is 5.69 Å². The maximum Gasteiger partial charge on any atom is 0.271 e. The van der Waals surface area contributed by atoms with Gasteiger partial charge in [0.1, 0.15) is 29.9 Å². The summed E-state index contributed by atoms with van der Waals surface area (Å²) in [5.74, 6) is 1.39. The van der Waals surface area contributed by atoms with E-state index >= 15 is 0 Å². The molecule has 0 fully saturated rings. The summed E-state index contributed by atoms with van der Waals surface area (Å²) in [4.78, 5) is 45.7. The third-order valence-electron chi connectivity index (χ3n) is 7.78. The fourth-order valence-corrected chi connectivity index (χ4v) is 6.41. The van der Waals surface area contributed by atoms with Crippen LogP contribution < -0.4 is 29.1 Å². The average molecular weight is 643 g/mol. The van der Waals surface area contributed by atoms with Crippen LogP contribution in [0.3, 0.4) is 0 Å². The molecule has 0 saturated heterocycles. The summed E-state index contributed by atoms with van der Waals surface area (Å²) in [5.41, 5.74) is 2.62. The van der Waals surface area contributed by atoms with E-state index in [2.05, 4.69) is 0 Å². The number of rotatable bonds is 11. The first-order valence-electron chi connectivity index (χ1n) is 14.7. The zero-order chi connectivity index (χ0) is 33.0. The molecule has 5 rings (SSSR count). The Kier molecular flexibility index (Phi) is 9.67. The van der Waals surface area contributed by atoms with E-state index in [9.17, 15) is 19.7 Å². The molecule has 1 amide bonds. The third-order valence-corrected chi connectivity index (χ3v) is 8.76. The molecule has 1 atom stereocenters. The lowest BCUT2D eigenvalue weighted by Crippen LogP contribution is -2.43. The number of carbonyl (C=O) groups excluding carboxylic acids is 1. The van der Waals surface area contributed by atoms with Crippen LogP contribution in [-0.2, 0) is 11.4 Å². The van der Waals surface area contributed by atoms with Crippen molar-refractivity contribution in [3.05, 3.63) is 124 Å². The second-order valence-electron chi connectivity index (χ2n) is 10.4. The fraction of sp³-hybridized carbons (Fsp3) is 0.265. The number of nitro benzene ring substituents is 1. The number of para-hydroxylation sites is 1. The van der Waals surface area contributed by atoms with E-state index in [1.165, 1.54) is 23.5 Å². The number of nitro groups is 1.